The van der Waals surface area contributed by atoms with E-state index in [1.54, 1.807) is 16.8 Å². The molecule has 2 heterocycles. The van der Waals surface area contributed by atoms with Gasteiger partial charge in [-0.2, -0.15) is 0 Å². The van der Waals surface area contributed by atoms with Crippen molar-refractivity contribution < 1.29 is 14.3 Å². The number of nitrogens with two attached hydrogens (primary N) is 1. The number of ether oxygens (including phenoxy) is 2. The molecule has 0 aliphatic heterocycles. The summed E-state index contributed by atoms with van der Waals surface area (Å²) >= 11 is 1.58. The highest BCUT2D eigenvalue weighted by molar-refractivity contribution is 7.09. The monoisotopic (exact) mass is 293 g/mol. The Morgan fingerprint density at radius 1 is 1.45 bits per heavy atom. The number of pyridine rings is 1. The molecule has 6 nitrogen and oxygen atoms in total. The Hall–Kier alpha value is -2.15. The third-order valence-corrected chi connectivity index (χ3v) is 3.77. The van der Waals surface area contributed by atoms with Crippen LogP contribution in [0.4, 0.5) is 5.69 Å². The Kier molecular flexibility index (Phi) is 4.52. The van der Waals surface area contributed by atoms with E-state index in [0.717, 1.165) is 17.0 Å². The molecule has 20 heavy (non-hydrogen) atoms. The number of nitrogens with zero attached hydrogens (tertiary/aromatic N) is 2. The highest BCUT2D eigenvalue weighted by atomic mass is 32.1. The summed E-state index contributed by atoms with van der Waals surface area (Å²) in [6.45, 7) is 2.38. The van der Waals surface area contributed by atoms with Gasteiger partial charge in [0.15, 0.2) is 0 Å². The van der Waals surface area contributed by atoms with Crippen LogP contribution in [0.25, 0.3) is 0 Å². The van der Waals surface area contributed by atoms with Crippen LogP contribution in [0.5, 0.6) is 5.88 Å². The lowest BCUT2D eigenvalue weighted by Gasteiger charge is -2.09. The molecular weight excluding hydrogens is 278 g/mol. The summed E-state index contributed by atoms with van der Waals surface area (Å²) in [7, 11) is 1.30. The van der Waals surface area contributed by atoms with E-state index in [9.17, 15) is 4.79 Å². The number of aromatic nitrogens is 2. The average Bonchev–Trinajstić information content (AvgIpc) is 2.85. The van der Waals surface area contributed by atoms with Gasteiger partial charge in [0.1, 0.15) is 5.69 Å². The summed E-state index contributed by atoms with van der Waals surface area (Å²) in [4.78, 5) is 20.9. The minimum absolute atomic E-state index is 0.195. The molecule has 0 saturated carbocycles. The van der Waals surface area contributed by atoms with Crippen molar-refractivity contribution in [3.05, 3.63) is 33.9 Å². The van der Waals surface area contributed by atoms with E-state index in [-0.39, 0.29) is 17.1 Å². The number of hydrogen-bond donors (Lipinski definition) is 1. The molecule has 106 valence electrons. The van der Waals surface area contributed by atoms with Gasteiger partial charge >= 0.3 is 5.97 Å². The van der Waals surface area contributed by atoms with Gasteiger partial charge in [0.2, 0.25) is 5.88 Å². The molecule has 0 saturated heterocycles. The minimum atomic E-state index is -0.506. The van der Waals surface area contributed by atoms with Crippen molar-refractivity contribution in [3.8, 4) is 5.88 Å². The van der Waals surface area contributed by atoms with Crippen LogP contribution in [0.15, 0.2) is 17.8 Å². The normalized spacial score (nSPS) is 10.3. The second-order valence-corrected chi connectivity index (χ2v) is 4.97. The third-order valence-electron chi connectivity index (χ3n) is 2.77. The van der Waals surface area contributed by atoms with Crippen LogP contribution in [-0.4, -0.2) is 29.7 Å². The number of rotatable bonds is 5. The highest BCUT2D eigenvalue weighted by Crippen LogP contribution is 2.23. The van der Waals surface area contributed by atoms with Crippen LogP contribution in [0, 0.1) is 6.92 Å². The van der Waals surface area contributed by atoms with Crippen LogP contribution in [0.2, 0.25) is 0 Å². The lowest BCUT2D eigenvalue weighted by Crippen LogP contribution is -2.10. The van der Waals surface area contributed by atoms with E-state index in [1.807, 2.05) is 6.92 Å². The quantitative estimate of drug-likeness (QED) is 0.846. The summed E-state index contributed by atoms with van der Waals surface area (Å²) in [5.74, 6) is -0.261. The topological polar surface area (TPSA) is 87.3 Å². The number of carbonyl (C=O) groups is 1. The average molecular weight is 293 g/mol. The van der Waals surface area contributed by atoms with E-state index >= 15 is 0 Å². The lowest BCUT2D eigenvalue weighted by molar-refractivity contribution is 0.0601. The van der Waals surface area contributed by atoms with Crippen LogP contribution in [0.1, 0.15) is 20.9 Å². The summed E-state index contributed by atoms with van der Waals surface area (Å²) in [6.07, 6.45) is 2.19. The summed E-state index contributed by atoms with van der Waals surface area (Å²) in [5.41, 5.74) is 9.11. The lowest BCUT2D eigenvalue weighted by atomic mass is 10.2. The number of esters is 1. The molecule has 0 aliphatic carbocycles. The maximum absolute atomic E-state index is 11.5. The first-order valence-corrected chi connectivity index (χ1v) is 6.86. The van der Waals surface area contributed by atoms with Gasteiger partial charge in [-0.1, -0.05) is 0 Å². The predicted octanol–water partition coefficient (Wildman–Crippen LogP) is 1.84. The molecule has 7 heteroatoms. The van der Waals surface area contributed by atoms with Gasteiger partial charge in [-0.15, -0.1) is 11.3 Å². The molecule has 2 rings (SSSR count). The van der Waals surface area contributed by atoms with E-state index in [0.29, 0.717) is 6.61 Å². The first-order valence-electron chi connectivity index (χ1n) is 5.98. The number of nitrogen functional groups attached to an aromatic ring is 1. The predicted molar refractivity (Wildman–Crippen MR) is 76.0 cm³/mol. The molecule has 0 unspecified atom stereocenters. The zero-order valence-electron chi connectivity index (χ0n) is 11.3. The molecule has 2 aromatic heterocycles. The van der Waals surface area contributed by atoms with Crippen molar-refractivity contribution in [2.45, 2.75) is 13.3 Å². The van der Waals surface area contributed by atoms with Crippen LogP contribution in [0.3, 0.4) is 0 Å². The van der Waals surface area contributed by atoms with E-state index in [4.69, 9.17) is 10.5 Å². The molecule has 2 aromatic rings. The second-order valence-electron chi connectivity index (χ2n) is 4.03. The van der Waals surface area contributed by atoms with Crippen molar-refractivity contribution in [1.82, 2.24) is 9.97 Å². The molecule has 0 amide bonds. The Balaban J connectivity index is 2.03. The first-order chi connectivity index (χ1) is 9.63. The third kappa shape index (κ3) is 3.05. The molecule has 2 N–H and O–H groups in total. The molecule has 0 fully saturated rings. The van der Waals surface area contributed by atoms with Crippen LogP contribution >= 0.6 is 11.3 Å². The van der Waals surface area contributed by atoms with Crippen molar-refractivity contribution in [2.24, 2.45) is 0 Å². The zero-order chi connectivity index (χ0) is 14.5. The molecule has 0 bridgehead atoms. The first kappa shape index (κ1) is 14.3. The standard InChI is InChI=1S/C13H15N3O3S/c1-8-10(20-7-16-8)4-6-19-12-11(14)9(3-5-15-12)13(17)18-2/h3,5,7H,4,6,14H2,1-2H3. The number of carbonyl (C=O) groups excluding carboxylic acids is 1. The van der Waals surface area contributed by atoms with Gasteiger partial charge in [-0.05, 0) is 13.0 Å². The molecule has 0 aromatic carbocycles. The van der Waals surface area contributed by atoms with Crippen molar-refractivity contribution in [1.29, 1.82) is 0 Å². The van der Waals surface area contributed by atoms with E-state index in [2.05, 4.69) is 14.7 Å². The van der Waals surface area contributed by atoms with E-state index < -0.39 is 5.97 Å². The van der Waals surface area contributed by atoms with Crippen molar-refractivity contribution in [2.75, 3.05) is 19.5 Å². The summed E-state index contributed by atoms with van der Waals surface area (Å²) in [6, 6.07) is 1.50. The van der Waals surface area contributed by atoms with Crippen molar-refractivity contribution in [3.63, 3.8) is 0 Å². The molecule has 0 spiro atoms. The number of anilines is 1. The number of hydrogen-bond acceptors (Lipinski definition) is 7. The maximum Gasteiger partial charge on any atom is 0.340 e. The van der Waals surface area contributed by atoms with Gasteiger partial charge < -0.3 is 15.2 Å². The molecule has 0 radical (unpaired) electrons. The number of methoxy groups -OCH3 is 1. The number of thiazole rings is 1. The maximum atomic E-state index is 11.5. The van der Waals surface area contributed by atoms with Gasteiger partial charge in [-0.3, -0.25) is 0 Å². The van der Waals surface area contributed by atoms with Crippen LogP contribution < -0.4 is 10.5 Å². The largest absolute Gasteiger partial charge is 0.476 e. The Labute approximate surface area is 120 Å². The zero-order valence-corrected chi connectivity index (χ0v) is 12.1. The molecule has 0 aliphatic rings. The SMILES string of the molecule is COC(=O)c1ccnc(OCCc2scnc2C)c1N. The fourth-order valence-electron chi connectivity index (χ4n) is 1.66. The number of aryl methyl sites for hydroxylation is 1. The highest BCUT2D eigenvalue weighted by Gasteiger charge is 2.14. The fourth-order valence-corrected chi connectivity index (χ4v) is 2.43. The van der Waals surface area contributed by atoms with Crippen LogP contribution in [-0.2, 0) is 11.2 Å². The Morgan fingerprint density at radius 2 is 2.25 bits per heavy atom. The van der Waals surface area contributed by atoms with Gasteiger partial charge in [0.25, 0.3) is 0 Å². The molecular formula is C13H15N3O3S. The van der Waals surface area contributed by atoms with Gasteiger partial charge in [0, 0.05) is 17.5 Å². The summed E-state index contributed by atoms with van der Waals surface area (Å²) < 4.78 is 10.2. The van der Waals surface area contributed by atoms with Crippen molar-refractivity contribution >= 4 is 23.0 Å². The second kappa shape index (κ2) is 6.33. The van der Waals surface area contributed by atoms with Gasteiger partial charge in [-0.25, -0.2) is 14.8 Å². The summed E-state index contributed by atoms with van der Waals surface area (Å²) in [5, 5.41) is 0. The minimum Gasteiger partial charge on any atom is -0.476 e. The Bertz CT molecular complexity index is 613. The fraction of sp³-hybridized carbons (Fsp3) is 0.308. The smallest absolute Gasteiger partial charge is 0.340 e. The Morgan fingerprint density at radius 3 is 2.90 bits per heavy atom. The molecule has 0 atom stereocenters. The van der Waals surface area contributed by atoms with Gasteiger partial charge in [0.05, 0.1) is 30.5 Å². The van der Waals surface area contributed by atoms with E-state index in [1.165, 1.54) is 19.4 Å².